The Morgan fingerprint density at radius 3 is 1.95 bits per heavy atom. The molecule has 0 radical (unpaired) electrons. The molecule has 14 heteroatoms. The number of ether oxygens (including phenoxy) is 5. The van der Waals surface area contributed by atoms with E-state index in [1.807, 2.05) is 34.0 Å². The molecule has 228 valence electrons. The molecule has 1 atom stereocenters. The summed E-state index contributed by atoms with van der Waals surface area (Å²) in [5, 5.41) is 10.2. The van der Waals surface area contributed by atoms with Crippen molar-refractivity contribution in [3.63, 3.8) is 0 Å². The van der Waals surface area contributed by atoms with Gasteiger partial charge in [0.1, 0.15) is 5.69 Å². The molecule has 1 N–H and O–H groups in total. The smallest absolute Gasteiger partial charge is 0.259 e. The van der Waals surface area contributed by atoms with Gasteiger partial charge in [-0.25, -0.2) is 0 Å². The average molecular weight is 597 g/mol. The first-order chi connectivity index (χ1) is 18.6. The van der Waals surface area contributed by atoms with Crippen LogP contribution in [0.15, 0.2) is 6.20 Å². The lowest BCUT2D eigenvalue weighted by atomic mass is 10.2. The fourth-order valence-electron chi connectivity index (χ4n) is 2.96. The largest absolute Gasteiger partial charge is 0.379 e. The number of rotatable bonds is 25. The van der Waals surface area contributed by atoms with E-state index in [1.54, 1.807) is 4.68 Å². The van der Waals surface area contributed by atoms with Crippen molar-refractivity contribution >= 4 is 24.7 Å². The fraction of sp³-hybridized carbons (Fsp3) is 0.880. The summed E-state index contributed by atoms with van der Waals surface area (Å²) in [5.74, 6) is -0.0203. The van der Waals surface area contributed by atoms with Crippen molar-refractivity contribution in [1.82, 2.24) is 20.3 Å². The van der Waals surface area contributed by atoms with E-state index in [2.05, 4.69) is 27.9 Å². The lowest BCUT2D eigenvalue weighted by Crippen LogP contribution is -2.25. The normalized spacial score (nSPS) is 13.5. The molecule has 0 saturated carbocycles. The predicted molar refractivity (Wildman–Crippen MR) is 152 cm³/mol. The third kappa shape index (κ3) is 19.6. The van der Waals surface area contributed by atoms with Crippen LogP contribution in [0.3, 0.4) is 0 Å². The van der Waals surface area contributed by atoms with Gasteiger partial charge >= 0.3 is 0 Å². The molecule has 1 heterocycles. The van der Waals surface area contributed by atoms with Crippen molar-refractivity contribution in [2.24, 2.45) is 7.05 Å². The second-order valence-electron chi connectivity index (χ2n) is 9.92. The highest BCUT2D eigenvalue weighted by molar-refractivity contribution is 8.46. The molecule has 0 saturated heterocycles. The first kappa shape index (κ1) is 36.0. The third-order valence-corrected chi connectivity index (χ3v) is 9.74. The fourth-order valence-corrected chi connectivity index (χ4v) is 3.97. The lowest BCUT2D eigenvalue weighted by Gasteiger charge is -2.26. The van der Waals surface area contributed by atoms with Gasteiger partial charge in [0.2, 0.25) is 5.91 Å². The maximum atomic E-state index is 12.3. The Morgan fingerprint density at radius 2 is 1.41 bits per heavy atom. The number of nitrogens with zero attached hydrogens (tertiary/aromatic N) is 3. The summed E-state index contributed by atoms with van der Waals surface area (Å²) in [6.07, 6.45) is 5.79. The SMILES string of the molecule is Cn1cc(COCCOCCOCCOCCOCCC(=O)NCCCCCCOP(=O)(S)C(C)(C)C)nn1. The summed E-state index contributed by atoms with van der Waals surface area (Å²) in [6, 6.07) is 0. The van der Waals surface area contributed by atoms with Crippen LogP contribution >= 0.6 is 18.8 Å². The van der Waals surface area contributed by atoms with Crippen LogP contribution in [0, 0.1) is 0 Å². The van der Waals surface area contributed by atoms with Crippen molar-refractivity contribution in [1.29, 1.82) is 0 Å². The first-order valence-corrected chi connectivity index (χ1v) is 16.4. The highest BCUT2D eigenvalue weighted by Crippen LogP contribution is 2.62. The second-order valence-corrected chi connectivity index (χ2v) is 14.1. The monoisotopic (exact) mass is 596 g/mol. The second kappa shape index (κ2) is 21.7. The van der Waals surface area contributed by atoms with Gasteiger partial charge in [-0.3, -0.25) is 14.0 Å². The summed E-state index contributed by atoms with van der Waals surface area (Å²) < 4.78 is 46.6. The number of thiol groups is 1. The number of aromatic nitrogens is 3. The van der Waals surface area contributed by atoms with Crippen LogP contribution in [-0.4, -0.2) is 98.7 Å². The van der Waals surface area contributed by atoms with E-state index in [1.165, 1.54) is 0 Å². The zero-order valence-corrected chi connectivity index (χ0v) is 25.9. The van der Waals surface area contributed by atoms with Gasteiger partial charge in [0.15, 0.2) is 0 Å². The summed E-state index contributed by atoms with van der Waals surface area (Å²) in [7, 11) is 1.81. The Hall–Kier alpha value is -1.05. The molecule has 0 bridgehead atoms. The lowest BCUT2D eigenvalue weighted by molar-refractivity contribution is -0.122. The summed E-state index contributed by atoms with van der Waals surface area (Å²) in [4.78, 5) is 11.9. The number of hydrogen-bond donors (Lipinski definition) is 2. The number of carbonyl (C=O) groups excluding carboxylic acids is 1. The first-order valence-electron chi connectivity index (χ1n) is 13.6. The number of unbranched alkanes of at least 4 members (excludes halogenated alkanes) is 3. The molecule has 1 rings (SSSR count). The zero-order chi connectivity index (χ0) is 28.8. The highest BCUT2D eigenvalue weighted by atomic mass is 32.7. The molecule has 0 spiro atoms. The van der Waals surface area contributed by atoms with Crippen molar-refractivity contribution in [2.45, 2.75) is 64.6 Å². The minimum Gasteiger partial charge on any atom is -0.379 e. The minimum absolute atomic E-state index is 0.0203. The molecule has 1 aromatic heterocycles. The van der Waals surface area contributed by atoms with Crippen LogP contribution in [0.2, 0.25) is 0 Å². The molecule has 39 heavy (non-hydrogen) atoms. The molecule has 0 aliphatic rings. The van der Waals surface area contributed by atoms with Crippen LogP contribution in [0.25, 0.3) is 0 Å². The predicted octanol–water partition coefficient (Wildman–Crippen LogP) is 3.40. The van der Waals surface area contributed by atoms with Gasteiger partial charge in [0.05, 0.1) is 78.9 Å². The van der Waals surface area contributed by atoms with Crippen molar-refractivity contribution < 1.29 is 37.6 Å². The number of hydrogen-bond acceptors (Lipinski definition) is 10. The molecule has 0 fully saturated rings. The molecule has 12 nitrogen and oxygen atoms in total. The Kier molecular flexibility index (Phi) is 20.0. The molecular weight excluding hydrogens is 547 g/mol. The molecule has 1 unspecified atom stereocenters. The maximum absolute atomic E-state index is 12.3. The molecule has 0 aliphatic heterocycles. The van der Waals surface area contributed by atoms with Gasteiger partial charge in [-0.2, -0.15) is 0 Å². The Balaban J connectivity index is 1.75. The van der Waals surface area contributed by atoms with Gasteiger partial charge in [0.25, 0.3) is 6.57 Å². The van der Waals surface area contributed by atoms with E-state index in [0.29, 0.717) is 85.6 Å². The van der Waals surface area contributed by atoms with Crippen molar-refractivity contribution in [3.05, 3.63) is 11.9 Å². The minimum atomic E-state index is -2.89. The number of carbonyl (C=O) groups is 1. The molecule has 0 aliphatic carbocycles. The van der Waals surface area contributed by atoms with E-state index in [0.717, 1.165) is 31.4 Å². The van der Waals surface area contributed by atoms with E-state index in [-0.39, 0.29) is 5.91 Å². The Bertz CT molecular complexity index is 809. The molecule has 1 aromatic rings. The van der Waals surface area contributed by atoms with Gasteiger partial charge < -0.3 is 33.5 Å². The Morgan fingerprint density at radius 1 is 0.872 bits per heavy atom. The van der Waals surface area contributed by atoms with Crippen LogP contribution < -0.4 is 5.32 Å². The van der Waals surface area contributed by atoms with Crippen LogP contribution in [0.5, 0.6) is 0 Å². The van der Waals surface area contributed by atoms with E-state index >= 15 is 0 Å². The van der Waals surface area contributed by atoms with Gasteiger partial charge in [-0.1, -0.05) is 51.1 Å². The number of nitrogens with one attached hydrogen (secondary N) is 1. The van der Waals surface area contributed by atoms with Gasteiger partial charge in [-0.05, 0) is 12.8 Å². The Labute approximate surface area is 238 Å². The van der Waals surface area contributed by atoms with Gasteiger partial charge in [0, 0.05) is 25.2 Å². The molecule has 0 aromatic carbocycles. The molecule has 1 amide bonds. The zero-order valence-electron chi connectivity index (χ0n) is 24.1. The van der Waals surface area contributed by atoms with Crippen LogP contribution in [-0.2, 0) is 51.2 Å². The van der Waals surface area contributed by atoms with Gasteiger partial charge in [-0.15, -0.1) is 5.10 Å². The van der Waals surface area contributed by atoms with Crippen molar-refractivity contribution in [2.75, 3.05) is 72.6 Å². The van der Waals surface area contributed by atoms with Crippen molar-refractivity contribution in [3.8, 4) is 0 Å². The number of aryl methyl sites for hydroxylation is 1. The average Bonchev–Trinajstić information content (AvgIpc) is 3.29. The maximum Gasteiger partial charge on any atom is 0.259 e. The van der Waals surface area contributed by atoms with Crippen LogP contribution in [0.4, 0.5) is 0 Å². The van der Waals surface area contributed by atoms with E-state index < -0.39 is 11.7 Å². The topological polar surface area (TPSA) is 132 Å². The quantitative estimate of drug-likeness (QED) is 0.0983. The van der Waals surface area contributed by atoms with Crippen LogP contribution in [0.1, 0.15) is 58.6 Å². The molecular formula is C25H49N4O8PS. The van der Waals surface area contributed by atoms with E-state index in [4.69, 9.17) is 28.2 Å². The summed E-state index contributed by atoms with van der Waals surface area (Å²) >= 11 is 4.19. The number of amides is 1. The standard InChI is InChI=1S/C25H49N4O8PS/c1-25(2,3)38(31,39)37-11-8-6-5-7-10-26-24(30)9-12-32-13-14-33-15-16-34-17-18-35-19-20-36-22-23-21-29(4)28-27-23/h21H,5-20,22H2,1-4H3,(H,26,30)(H,31,39). The summed E-state index contributed by atoms with van der Waals surface area (Å²) in [6.45, 7) is 8.36. The summed E-state index contributed by atoms with van der Waals surface area (Å²) in [5.41, 5.74) is 0.791. The third-order valence-electron chi connectivity index (χ3n) is 5.37. The van der Waals surface area contributed by atoms with E-state index in [9.17, 15) is 9.36 Å². The highest BCUT2D eigenvalue weighted by Gasteiger charge is 2.33.